The minimum Gasteiger partial charge on any atom is -0.294 e. The Kier molecular flexibility index (Phi) is 3.16. The summed E-state index contributed by atoms with van der Waals surface area (Å²) in [4.78, 5) is 0. The van der Waals surface area contributed by atoms with Crippen LogP contribution in [-0.2, 0) is 11.3 Å². The molecule has 0 aliphatic carbocycles. The van der Waals surface area contributed by atoms with Gasteiger partial charge in [0.05, 0.1) is 0 Å². The molecule has 1 aliphatic rings. The molecular formula is C5H11NO2S2. The molecular weight excluding hydrogens is 170 g/mol. The normalized spacial score (nSPS) is 32.0. The molecule has 3 nitrogen and oxygen atoms in total. The van der Waals surface area contributed by atoms with Gasteiger partial charge in [0.25, 0.3) is 0 Å². The number of hydrogen-bond acceptors (Lipinski definition) is 2. The SMILES string of the molecule is CC1CSCCN1S(=O)O. The van der Waals surface area contributed by atoms with Crippen molar-refractivity contribution < 1.29 is 8.76 Å². The van der Waals surface area contributed by atoms with E-state index in [9.17, 15) is 4.21 Å². The summed E-state index contributed by atoms with van der Waals surface area (Å²) in [6.45, 7) is 2.70. The fourth-order valence-corrected chi connectivity index (χ4v) is 2.80. The van der Waals surface area contributed by atoms with Crippen LogP contribution in [0.15, 0.2) is 0 Å². The van der Waals surface area contributed by atoms with Crippen LogP contribution in [0.1, 0.15) is 6.92 Å². The highest BCUT2D eigenvalue weighted by Crippen LogP contribution is 2.16. The number of nitrogens with zero attached hydrogens (tertiary/aromatic N) is 1. The van der Waals surface area contributed by atoms with Crippen molar-refractivity contribution in [2.45, 2.75) is 13.0 Å². The van der Waals surface area contributed by atoms with E-state index in [2.05, 4.69) is 0 Å². The molecule has 1 fully saturated rings. The Bertz CT molecular complexity index is 142. The molecule has 10 heavy (non-hydrogen) atoms. The highest BCUT2D eigenvalue weighted by molar-refractivity contribution is 7.99. The van der Waals surface area contributed by atoms with E-state index in [-0.39, 0.29) is 6.04 Å². The van der Waals surface area contributed by atoms with Crippen molar-refractivity contribution in [3.05, 3.63) is 0 Å². The fourth-order valence-electron chi connectivity index (χ4n) is 0.944. The first-order valence-corrected chi connectivity index (χ1v) is 5.39. The average molecular weight is 181 g/mol. The second-order valence-corrected chi connectivity index (χ2v) is 4.38. The van der Waals surface area contributed by atoms with Gasteiger partial charge in [-0.2, -0.15) is 16.1 Å². The standard InChI is InChI=1S/C5H11NO2S2/c1-5-4-9-3-2-6(5)10(7)8/h5H,2-4H2,1H3,(H,7,8). The molecule has 5 heteroatoms. The molecule has 0 bridgehead atoms. The lowest BCUT2D eigenvalue weighted by atomic mass is 10.4. The summed E-state index contributed by atoms with van der Waals surface area (Å²) in [5.74, 6) is 1.93. The van der Waals surface area contributed by atoms with Crippen LogP contribution in [0.4, 0.5) is 0 Å². The summed E-state index contributed by atoms with van der Waals surface area (Å²) in [6.07, 6.45) is 0. The van der Waals surface area contributed by atoms with E-state index in [1.807, 2.05) is 18.7 Å². The fraction of sp³-hybridized carbons (Fsp3) is 1.00. The van der Waals surface area contributed by atoms with Crippen LogP contribution >= 0.6 is 11.8 Å². The third-order valence-electron chi connectivity index (χ3n) is 1.51. The van der Waals surface area contributed by atoms with Gasteiger partial charge < -0.3 is 0 Å². The van der Waals surface area contributed by atoms with Crippen molar-refractivity contribution in [2.24, 2.45) is 0 Å². The maximum atomic E-state index is 10.6. The number of rotatable bonds is 1. The Morgan fingerprint density at radius 1 is 1.80 bits per heavy atom. The van der Waals surface area contributed by atoms with Crippen LogP contribution in [0, 0.1) is 0 Å². The van der Waals surface area contributed by atoms with Gasteiger partial charge in [0, 0.05) is 24.1 Å². The van der Waals surface area contributed by atoms with Gasteiger partial charge in [0.15, 0.2) is 0 Å². The minimum atomic E-state index is -1.76. The summed E-state index contributed by atoms with van der Waals surface area (Å²) in [5, 5.41) is 0. The van der Waals surface area contributed by atoms with Gasteiger partial charge in [-0.15, -0.1) is 0 Å². The average Bonchev–Trinajstić information content (AvgIpc) is 1.88. The third kappa shape index (κ3) is 1.95. The molecule has 0 aromatic heterocycles. The summed E-state index contributed by atoms with van der Waals surface area (Å²) in [6, 6.07) is 0.240. The first-order chi connectivity index (χ1) is 4.72. The molecule has 0 spiro atoms. The van der Waals surface area contributed by atoms with Crippen LogP contribution in [0.5, 0.6) is 0 Å². The van der Waals surface area contributed by atoms with Crippen LogP contribution in [0.3, 0.4) is 0 Å². The largest absolute Gasteiger partial charge is 0.294 e. The smallest absolute Gasteiger partial charge is 0.234 e. The predicted octanol–water partition coefficient (Wildman–Crippen LogP) is 0.560. The van der Waals surface area contributed by atoms with Crippen molar-refractivity contribution in [3.63, 3.8) is 0 Å². The van der Waals surface area contributed by atoms with E-state index in [1.165, 1.54) is 0 Å². The molecule has 1 aliphatic heterocycles. The molecule has 2 unspecified atom stereocenters. The van der Waals surface area contributed by atoms with E-state index in [1.54, 1.807) is 4.31 Å². The maximum absolute atomic E-state index is 10.6. The van der Waals surface area contributed by atoms with Crippen LogP contribution < -0.4 is 0 Å². The Balaban J connectivity index is 2.47. The van der Waals surface area contributed by atoms with Gasteiger partial charge in [-0.05, 0) is 6.92 Å². The molecule has 2 atom stereocenters. The van der Waals surface area contributed by atoms with Gasteiger partial charge in [-0.1, -0.05) is 0 Å². The highest BCUT2D eigenvalue weighted by Gasteiger charge is 2.22. The van der Waals surface area contributed by atoms with E-state index >= 15 is 0 Å². The molecule has 0 radical (unpaired) electrons. The molecule has 60 valence electrons. The second-order valence-electron chi connectivity index (χ2n) is 2.30. The van der Waals surface area contributed by atoms with Crippen LogP contribution in [0.25, 0.3) is 0 Å². The van der Waals surface area contributed by atoms with E-state index in [0.717, 1.165) is 18.1 Å². The lowest BCUT2D eigenvalue weighted by molar-refractivity contribution is 0.357. The number of hydrogen-bond donors (Lipinski definition) is 1. The van der Waals surface area contributed by atoms with E-state index in [0.29, 0.717) is 0 Å². The third-order valence-corrected chi connectivity index (χ3v) is 3.64. The molecule has 0 amide bonds. The Morgan fingerprint density at radius 3 is 2.90 bits per heavy atom. The van der Waals surface area contributed by atoms with E-state index < -0.39 is 11.3 Å². The van der Waals surface area contributed by atoms with Crippen molar-refractivity contribution >= 4 is 23.0 Å². The van der Waals surface area contributed by atoms with Crippen LogP contribution in [-0.4, -0.2) is 37.2 Å². The van der Waals surface area contributed by atoms with Gasteiger partial charge >= 0.3 is 0 Å². The Labute approximate surface area is 67.6 Å². The summed E-state index contributed by atoms with van der Waals surface area (Å²) >= 11 is 0.0748. The summed E-state index contributed by atoms with van der Waals surface area (Å²) in [5.41, 5.74) is 0. The zero-order valence-corrected chi connectivity index (χ0v) is 7.45. The summed E-state index contributed by atoms with van der Waals surface area (Å²) < 4.78 is 20.9. The first-order valence-electron chi connectivity index (χ1n) is 3.17. The number of thioether (sulfide) groups is 1. The van der Waals surface area contributed by atoms with Gasteiger partial charge in [-0.25, -0.2) is 4.21 Å². The van der Waals surface area contributed by atoms with Crippen molar-refractivity contribution in [2.75, 3.05) is 18.1 Å². The van der Waals surface area contributed by atoms with Gasteiger partial charge in [0.1, 0.15) is 0 Å². The monoisotopic (exact) mass is 181 g/mol. The highest BCUT2D eigenvalue weighted by atomic mass is 32.2. The Hall–Kier alpha value is 0.420. The molecule has 1 N–H and O–H groups in total. The van der Waals surface area contributed by atoms with Crippen molar-refractivity contribution in [3.8, 4) is 0 Å². The lowest BCUT2D eigenvalue weighted by Crippen LogP contribution is -2.41. The Morgan fingerprint density at radius 2 is 2.50 bits per heavy atom. The maximum Gasteiger partial charge on any atom is 0.234 e. The molecule has 0 aromatic rings. The van der Waals surface area contributed by atoms with E-state index in [4.69, 9.17) is 4.55 Å². The summed E-state index contributed by atoms with van der Waals surface area (Å²) in [7, 11) is 0. The molecule has 1 rings (SSSR count). The predicted molar refractivity (Wildman–Crippen MR) is 44.3 cm³/mol. The molecule has 1 saturated heterocycles. The van der Waals surface area contributed by atoms with Gasteiger partial charge in [-0.3, -0.25) is 4.55 Å². The van der Waals surface area contributed by atoms with Crippen LogP contribution in [0.2, 0.25) is 0 Å². The minimum absolute atomic E-state index is 0.240. The second kappa shape index (κ2) is 3.71. The quantitative estimate of drug-likeness (QED) is 0.601. The van der Waals surface area contributed by atoms with Crippen molar-refractivity contribution in [1.29, 1.82) is 0 Å². The topological polar surface area (TPSA) is 40.5 Å². The van der Waals surface area contributed by atoms with Crippen molar-refractivity contribution in [1.82, 2.24) is 4.31 Å². The molecule has 1 heterocycles. The van der Waals surface area contributed by atoms with Gasteiger partial charge in [0.2, 0.25) is 11.3 Å². The zero-order chi connectivity index (χ0) is 7.56. The lowest BCUT2D eigenvalue weighted by Gasteiger charge is -2.28. The molecule has 0 saturated carbocycles. The first kappa shape index (κ1) is 8.52. The zero-order valence-electron chi connectivity index (χ0n) is 5.82. The molecule has 0 aromatic carbocycles.